The Labute approximate surface area is 268 Å². The molecule has 1 spiro atoms. The van der Waals surface area contributed by atoms with Crippen molar-refractivity contribution >= 4 is 23.9 Å². The minimum absolute atomic E-state index is 0.0381. The molecule has 5 rings (SSSR count). The van der Waals surface area contributed by atoms with Gasteiger partial charge in [0.15, 0.2) is 5.60 Å². The zero-order valence-corrected chi connectivity index (χ0v) is 26.8. The Kier molecular flexibility index (Phi) is 9.79. The lowest BCUT2D eigenvalue weighted by atomic mass is 9.76. The second-order valence-corrected chi connectivity index (χ2v) is 12.0. The van der Waals surface area contributed by atoms with E-state index in [4.69, 9.17) is 18.9 Å². The third kappa shape index (κ3) is 6.36. The van der Waals surface area contributed by atoms with Crippen molar-refractivity contribution in [1.82, 2.24) is 0 Å². The number of carbonyl (C=O) groups excluding carboxylic acids is 3. The lowest BCUT2D eigenvalue weighted by molar-refractivity contribution is -0.132. The van der Waals surface area contributed by atoms with Gasteiger partial charge in [0.25, 0.3) is 0 Å². The second kappa shape index (κ2) is 13.8. The number of aromatic carboxylic acids is 1. The molecule has 9 nitrogen and oxygen atoms in total. The standard InChI is InChI=1S/C37H40O9/c1-5-7-9-11-13-24-18-29-33(20-31(24)43-22(3)38)45-34-21-32(44-23(4)39)25(14-12-10-8-6-2)19-30(34)37(29)28-16-15-26(35(40)41)17-27(28)36(42)46-37/h15-21H,5-14H2,1-4H3,(H,40,41). The molecule has 0 atom stereocenters. The maximum atomic E-state index is 13.6. The summed E-state index contributed by atoms with van der Waals surface area (Å²) in [5.41, 5.74) is 1.68. The summed E-state index contributed by atoms with van der Waals surface area (Å²) >= 11 is 0. The number of carbonyl (C=O) groups is 4. The molecule has 2 heterocycles. The van der Waals surface area contributed by atoms with Gasteiger partial charge in [0, 0.05) is 42.7 Å². The molecule has 0 aromatic heterocycles. The van der Waals surface area contributed by atoms with Gasteiger partial charge in [-0.05, 0) is 61.1 Å². The van der Waals surface area contributed by atoms with Gasteiger partial charge in [0.05, 0.1) is 11.1 Å². The SMILES string of the molecule is CCCCCCc1cc2c(cc1OC(C)=O)Oc1cc(OC(C)=O)c(CCCCCC)cc1C21OC(=O)c2cc(C(=O)O)ccc21. The number of hydrogen-bond donors (Lipinski definition) is 1. The maximum Gasteiger partial charge on any atom is 0.340 e. The molecule has 9 heteroatoms. The molecule has 0 aliphatic carbocycles. The highest BCUT2D eigenvalue weighted by molar-refractivity contribution is 6.00. The summed E-state index contributed by atoms with van der Waals surface area (Å²) in [6, 6.07) is 11.4. The van der Waals surface area contributed by atoms with Crippen LogP contribution in [0.3, 0.4) is 0 Å². The van der Waals surface area contributed by atoms with Gasteiger partial charge < -0.3 is 24.1 Å². The fraction of sp³-hybridized carbons (Fsp3) is 0.405. The van der Waals surface area contributed by atoms with Crippen LogP contribution in [0.25, 0.3) is 0 Å². The van der Waals surface area contributed by atoms with Crippen molar-refractivity contribution in [2.24, 2.45) is 0 Å². The Hall–Kier alpha value is -4.66. The average Bonchev–Trinajstić information content (AvgIpc) is 3.29. The summed E-state index contributed by atoms with van der Waals surface area (Å²) in [6.07, 6.45) is 9.20. The van der Waals surface area contributed by atoms with E-state index in [9.17, 15) is 24.3 Å². The molecular formula is C37H40O9. The van der Waals surface area contributed by atoms with E-state index in [2.05, 4.69) is 13.8 Å². The van der Waals surface area contributed by atoms with Crippen LogP contribution in [0.1, 0.15) is 128 Å². The number of ether oxygens (including phenoxy) is 4. The maximum absolute atomic E-state index is 13.6. The summed E-state index contributed by atoms with van der Waals surface area (Å²) in [6.45, 7) is 6.93. The predicted octanol–water partition coefficient (Wildman–Crippen LogP) is 8.05. The van der Waals surface area contributed by atoms with E-state index < -0.39 is 29.5 Å². The first-order valence-electron chi connectivity index (χ1n) is 16.1. The van der Waals surface area contributed by atoms with E-state index in [1.54, 1.807) is 18.2 Å². The molecule has 242 valence electrons. The number of rotatable bonds is 13. The Morgan fingerprint density at radius 2 is 1.24 bits per heavy atom. The van der Waals surface area contributed by atoms with Crippen LogP contribution in [0, 0.1) is 0 Å². The van der Waals surface area contributed by atoms with Gasteiger partial charge in [-0.1, -0.05) is 58.4 Å². The molecule has 3 aromatic rings. The average molecular weight is 629 g/mol. The van der Waals surface area contributed by atoms with Gasteiger partial charge in [-0.3, -0.25) is 9.59 Å². The molecular weight excluding hydrogens is 588 g/mol. The highest BCUT2D eigenvalue weighted by atomic mass is 16.6. The predicted molar refractivity (Wildman–Crippen MR) is 170 cm³/mol. The molecule has 0 saturated carbocycles. The number of aryl methyl sites for hydroxylation is 2. The van der Waals surface area contributed by atoms with Crippen molar-refractivity contribution in [1.29, 1.82) is 0 Å². The molecule has 0 fully saturated rings. The zero-order chi connectivity index (χ0) is 33.0. The quantitative estimate of drug-likeness (QED) is 0.114. The first kappa shape index (κ1) is 32.7. The van der Waals surface area contributed by atoms with E-state index in [1.165, 1.54) is 26.0 Å². The summed E-state index contributed by atoms with van der Waals surface area (Å²) in [5.74, 6) is -1.50. The number of unbranched alkanes of at least 4 members (excludes halogenated alkanes) is 6. The van der Waals surface area contributed by atoms with Crippen molar-refractivity contribution in [2.45, 2.75) is 97.5 Å². The van der Waals surface area contributed by atoms with Gasteiger partial charge in [0.2, 0.25) is 0 Å². The fourth-order valence-electron chi connectivity index (χ4n) is 6.37. The number of benzene rings is 3. The molecule has 0 unspecified atom stereocenters. The smallest absolute Gasteiger partial charge is 0.340 e. The van der Waals surface area contributed by atoms with Crippen molar-refractivity contribution in [3.8, 4) is 23.0 Å². The summed E-state index contributed by atoms with van der Waals surface area (Å²) in [4.78, 5) is 49.7. The highest BCUT2D eigenvalue weighted by Gasteiger charge is 2.54. The summed E-state index contributed by atoms with van der Waals surface area (Å²) in [7, 11) is 0. The Morgan fingerprint density at radius 1 is 0.717 bits per heavy atom. The highest BCUT2D eigenvalue weighted by Crippen LogP contribution is 2.58. The molecule has 0 amide bonds. The minimum atomic E-state index is -1.49. The van der Waals surface area contributed by atoms with Crippen LogP contribution in [-0.4, -0.2) is 29.0 Å². The first-order valence-corrected chi connectivity index (χ1v) is 16.1. The van der Waals surface area contributed by atoms with E-state index in [0.29, 0.717) is 52.5 Å². The Morgan fingerprint density at radius 3 is 1.70 bits per heavy atom. The molecule has 46 heavy (non-hydrogen) atoms. The van der Waals surface area contributed by atoms with Crippen LogP contribution in [-0.2, 0) is 32.8 Å². The van der Waals surface area contributed by atoms with E-state index in [0.717, 1.165) is 62.5 Å². The second-order valence-electron chi connectivity index (χ2n) is 12.0. The number of carboxylic acids is 1. The molecule has 1 N–H and O–H groups in total. The Balaban J connectivity index is 1.76. The van der Waals surface area contributed by atoms with Crippen LogP contribution in [0.5, 0.6) is 23.0 Å². The van der Waals surface area contributed by atoms with Crippen molar-refractivity contribution in [3.05, 3.63) is 81.4 Å². The van der Waals surface area contributed by atoms with Gasteiger partial charge in [-0.25, -0.2) is 9.59 Å². The third-order valence-corrected chi connectivity index (χ3v) is 8.52. The fourth-order valence-corrected chi connectivity index (χ4v) is 6.37. The van der Waals surface area contributed by atoms with Gasteiger partial charge in [0.1, 0.15) is 23.0 Å². The van der Waals surface area contributed by atoms with Crippen molar-refractivity contribution < 1.29 is 43.2 Å². The monoisotopic (exact) mass is 628 g/mol. The number of carboxylic acid groups (broad SMARTS) is 1. The van der Waals surface area contributed by atoms with Gasteiger partial charge in [-0.15, -0.1) is 0 Å². The topological polar surface area (TPSA) is 125 Å². The van der Waals surface area contributed by atoms with Gasteiger partial charge in [-0.2, -0.15) is 0 Å². The van der Waals surface area contributed by atoms with Crippen LogP contribution < -0.4 is 14.2 Å². The van der Waals surface area contributed by atoms with Crippen LogP contribution in [0.15, 0.2) is 42.5 Å². The molecule has 0 radical (unpaired) electrons. The molecule has 0 bridgehead atoms. The third-order valence-electron chi connectivity index (χ3n) is 8.52. The van der Waals surface area contributed by atoms with Crippen LogP contribution in [0.4, 0.5) is 0 Å². The molecule has 2 aliphatic rings. The normalized spacial score (nSPS) is 13.7. The number of fused-ring (bicyclic) bond motifs is 6. The first-order chi connectivity index (χ1) is 22.1. The molecule has 2 aliphatic heterocycles. The van der Waals surface area contributed by atoms with Gasteiger partial charge >= 0.3 is 23.9 Å². The number of esters is 3. The molecule has 3 aromatic carbocycles. The van der Waals surface area contributed by atoms with E-state index in [1.807, 2.05) is 12.1 Å². The van der Waals surface area contributed by atoms with Crippen LogP contribution >= 0.6 is 0 Å². The number of hydrogen-bond acceptors (Lipinski definition) is 8. The lowest BCUT2D eigenvalue weighted by Crippen LogP contribution is -2.33. The van der Waals surface area contributed by atoms with E-state index in [-0.39, 0.29) is 11.1 Å². The van der Waals surface area contributed by atoms with Crippen LogP contribution in [0.2, 0.25) is 0 Å². The van der Waals surface area contributed by atoms with E-state index >= 15 is 0 Å². The van der Waals surface area contributed by atoms with Crippen molar-refractivity contribution in [3.63, 3.8) is 0 Å². The summed E-state index contributed by atoms with van der Waals surface area (Å²) < 4.78 is 24.1. The lowest BCUT2D eigenvalue weighted by Gasteiger charge is -2.37. The zero-order valence-electron chi connectivity index (χ0n) is 26.8. The summed E-state index contributed by atoms with van der Waals surface area (Å²) in [5, 5.41) is 9.68. The Bertz CT molecular complexity index is 1610. The minimum Gasteiger partial charge on any atom is -0.478 e. The largest absolute Gasteiger partial charge is 0.478 e. The van der Waals surface area contributed by atoms with Crippen molar-refractivity contribution in [2.75, 3.05) is 0 Å². The molecule has 0 saturated heterocycles.